The molecule has 0 aliphatic carbocycles. The van der Waals surface area contributed by atoms with Crippen molar-refractivity contribution in [3.63, 3.8) is 0 Å². The molecule has 0 unspecified atom stereocenters. The molecule has 2 amide bonds. The Labute approximate surface area is 236 Å². The van der Waals surface area contributed by atoms with Gasteiger partial charge in [0.2, 0.25) is 0 Å². The third-order valence-corrected chi connectivity index (χ3v) is 6.49. The zero-order valence-electron chi connectivity index (χ0n) is 23.9. The van der Waals surface area contributed by atoms with Crippen LogP contribution in [0.25, 0.3) is 10.9 Å². The van der Waals surface area contributed by atoms with Gasteiger partial charge in [0.05, 0.1) is 25.3 Å². The Morgan fingerprint density at radius 1 is 1.12 bits per heavy atom. The lowest BCUT2D eigenvalue weighted by molar-refractivity contribution is 0.242. The van der Waals surface area contributed by atoms with Crippen molar-refractivity contribution in [2.24, 2.45) is 0 Å². The molecule has 1 aromatic heterocycles. The molecule has 0 radical (unpaired) electrons. The SMILES string of the molecule is COc1cc2c(NCCNC(=O)N(C)c3ccc(OC(C)C)cc3)ncnc2cc1OCCCN1C=CCCC1. The third-order valence-electron chi connectivity index (χ3n) is 6.49. The van der Waals surface area contributed by atoms with E-state index in [1.807, 2.05) is 50.2 Å². The number of ether oxygens (including phenoxy) is 3. The number of benzene rings is 2. The van der Waals surface area contributed by atoms with Crippen molar-refractivity contribution in [1.29, 1.82) is 0 Å². The summed E-state index contributed by atoms with van der Waals surface area (Å²) in [6.45, 7) is 7.51. The quantitative estimate of drug-likeness (QED) is 0.286. The summed E-state index contributed by atoms with van der Waals surface area (Å²) in [7, 11) is 3.36. The number of nitrogens with one attached hydrogen (secondary N) is 2. The minimum atomic E-state index is -0.202. The number of fused-ring (bicyclic) bond motifs is 1. The fourth-order valence-electron chi connectivity index (χ4n) is 4.43. The molecule has 3 aromatic rings. The molecule has 0 atom stereocenters. The number of amides is 2. The van der Waals surface area contributed by atoms with Gasteiger partial charge in [-0.05, 0) is 69.6 Å². The van der Waals surface area contributed by atoms with Crippen molar-refractivity contribution in [3.8, 4) is 17.2 Å². The lowest BCUT2D eigenvalue weighted by Gasteiger charge is -2.23. The first-order valence-electron chi connectivity index (χ1n) is 13.8. The molecule has 0 saturated carbocycles. The highest BCUT2D eigenvalue weighted by Gasteiger charge is 2.13. The molecule has 10 heteroatoms. The normalized spacial score (nSPS) is 12.9. The molecule has 1 aliphatic heterocycles. The largest absolute Gasteiger partial charge is 0.493 e. The number of carbonyl (C=O) groups is 1. The number of rotatable bonds is 13. The number of anilines is 2. The number of hydrogen-bond acceptors (Lipinski definition) is 8. The van der Waals surface area contributed by atoms with Crippen molar-refractivity contribution < 1.29 is 19.0 Å². The Kier molecular flexibility index (Phi) is 10.3. The highest BCUT2D eigenvalue weighted by Crippen LogP contribution is 2.34. The molecule has 10 nitrogen and oxygen atoms in total. The molecule has 2 N–H and O–H groups in total. The fraction of sp³-hybridized carbons (Fsp3) is 0.433. The molecular weight excluding hydrogens is 508 g/mol. The van der Waals surface area contributed by atoms with E-state index < -0.39 is 0 Å². The Morgan fingerprint density at radius 2 is 1.95 bits per heavy atom. The standard InChI is InChI=1S/C30H40N6O4/c1-22(2)40-24-11-9-23(10-12-24)35(3)30(37)32-14-13-31-29-25-19-27(38-4)28(20-26(25)33-21-34-29)39-18-8-17-36-15-6-5-7-16-36/h6,9-12,15,19-22H,5,7-8,13-14,16-18H2,1-4H3,(H,32,37)(H,31,33,34). The minimum absolute atomic E-state index is 0.0973. The summed E-state index contributed by atoms with van der Waals surface area (Å²) in [5.41, 5.74) is 1.53. The predicted molar refractivity (Wildman–Crippen MR) is 159 cm³/mol. The molecule has 4 rings (SSSR count). The van der Waals surface area contributed by atoms with Gasteiger partial charge in [0.1, 0.15) is 17.9 Å². The van der Waals surface area contributed by atoms with Crippen LogP contribution in [0.2, 0.25) is 0 Å². The molecule has 1 aliphatic rings. The van der Waals surface area contributed by atoms with Crippen LogP contribution in [-0.4, -0.2) is 73.9 Å². The van der Waals surface area contributed by atoms with E-state index >= 15 is 0 Å². The van der Waals surface area contributed by atoms with Gasteiger partial charge < -0.3 is 29.7 Å². The van der Waals surface area contributed by atoms with Gasteiger partial charge in [0.15, 0.2) is 11.5 Å². The number of nitrogens with zero attached hydrogens (tertiary/aromatic N) is 4. The molecular formula is C30H40N6O4. The highest BCUT2D eigenvalue weighted by atomic mass is 16.5. The fourth-order valence-corrected chi connectivity index (χ4v) is 4.43. The second kappa shape index (κ2) is 14.3. The van der Waals surface area contributed by atoms with Crippen LogP contribution in [0.15, 0.2) is 55.0 Å². The van der Waals surface area contributed by atoms with Gasteiger partial charge in [0.25, 0.3) is 0 Å². The van der Waals surface area contributed by atoms with Crippen molar-refractivity contribution in [2.75, 3.05) is 57.2 Å². The zero-order chi connectivity index (χ0) is 28.3. The molecule has 0 spiro atoms. The van der Waals surface area contributed by atoms with E-state index in [1.54, 1.807) is 19.1 Å². The van der Waals surface area contributed by atoms with Crippen LogP contribution >= 0.6 is 0 Å². The smallest absolute Gasteiger partial charge is 0.321 e. The van der Waals surface area contributed by atoms with E-state index in [0.29, 0.717) is 37.0 Å². The molecule has 0 bridgehead atoms. The average molecular weight is 549 g/mol. The summed E-state index contributed by atoms with van der Waals surface area (Å²) in [4.78, 5) is 25.4. The summed E-state index contributed by atoms with van der Waals surface area (Å²) < 4.78 is 17.3. The van der Waals surface area contributed by atoms with Crippen molar-refractivity contribution in [1.82, 2.24) is 20.2 Å². The predicted octanol–water partition coefficient (Wildman–Crippen LogP) is 5.06. The molecule has 40 heavy (non-hydrogen) atoms. The van der Waals surface area contributed by atoms with Gasteiger partial charge in [-0.25, -0.2) is 14.8 Å². The van der Waals surface area contributed by atoms with Crippen LogP contribution in [0, 0.1) is 0 Å². The molecule has 2 heterocycles. The Morgan fingerprint density at radius 3 is 2.67 bits per heavy atom. The molecule has 0 fully saturated rings. The van der Waals surface area contributed by atoms with Gasteiger partial charge in [-0.1, -0.05) is 6.08 Å². The first kappa shape index (κ1) is 28.8. The lowest BCUT2D eigenvalue weighted by atomic mass is 10.2. The van der Waals surface area contributed by atoms with Gasteiger partial charge >= 0.3 is 6.03 Å². The first-order chi connectivity index (χ1) is 19.4. The number of carbonyl (C=O) groups excluding carboxylic acids is 1. The van der Waals surface area contributed by atoms with E-state index in [4.69, 9.17) is 14.2 Å². The second-order valence-electron chi connectivity index (χ2n) is 9.89. The van der Waals surface area contributed by atoms with Crippen LogP contribution in [0.3, 0.4) is 0 Å². The van der Waals surface area contributed by atoms with Crippen LogP contribution in [-0.2, 0) is 0 Å². The maximum atomic E-state index is 12.6. The van der Waals surface area contributed by atoms with Gasteiger partial charge in [0, 0.05) is 50.4 Å². The van der Waals surface area contributed by atoms with Crippen molar-refractivity contribution >= 4 is 28.4 Å². The van der Waals surface area contributed by atoms with E-state index in [-0.39, 0.29) is 12.1 Å². The van der Waals surface area contributed by atoms with Crippen LogP contribution in [0.5, 0.6) is 17.2 Å². The zero-order valence-corrected chi connectivity index (χ0v) is 23.9. The monoisotopic (exact) mass is 548 g/mol. The van der Waals surface area contributed by atoms with Gasteiger partial charge in [-0.15, -0.1) is 0 Å². The second-order valence-corrected chi connectivity index (χ2v) is 9.89. The van der Waals surface area contributed by atoms with Gasteiger partial charge in [-0.2, -0.15) is 0 Å². The lowest BCUT2D eigenvalue weighted by Crippen LogP contribution is -2.39. The summed E-state index contributed by atoms with van der Waals surface area (Å²) >= 11 is 0. The number of methoxy groups -OCH3 is 1. The summed E-state index contributed by atoms with van der Waals surface area (Å²) in [5.74, 6) is 2.72. The van der Waals surface area contributed by atoms with Crippen molar-refractivity contribution in [3.05, 3.63) is 55.0 Å². The van der Waals surface area contributed by atoms with Crippen LogP contribution in [0.1, 0.15) is 33.1 Å². The van der Waals surface area contributed by atoms with Crippen molar-refractivity contribution in [2.45, 2.75) is 39.2 Å². The molecule has 214 valence electrons. The summed E-state index contributed by atoms with van der Waals surface area (Å²) in [6, 6.07) is 11.0. The topological polar surface area (TPSA) is 101 Å². The van der Waals surface area contributed by atoms with E-state index in [0.717, 1.165) is 48.3 Å². The number of urea groups is 1. The first-order valence-corrected chi connectivity index (χ1v) is 13.8. The number of allylic oxidation sites excluding steroid dienone is 1. The Balaban J connectivity index is 1.28. The maximum absolute atomic E-state index is 12.6. The van der Waals surface area contributed by atoms with E-state index in [2.05, 4.69) is 37.8 Å². The average Bonchev–Trinajstić information content (AvgIpc) is 2.97. The molecule has 2 aromatic carbocycles. The van der Waals surface area contributed by atoms with Crippen LogP contribution in [0.4, 0.5) is 16.3 Å². The maximum Gasteiger partial charge on any atom is 0.321 e. The number of aromatic nitrogens is 2. The minimum Gasteiger partial charge on any atom is -0.493 e. The van der Waals surface area contributed by atoms with E-state index in [1.165, 1.54) is 12.7 Å². The molecule has 0 saturated heterocycles. The summed E-state index contributed by atoms with van der Waals surface area (Å²) in [5, 5.41) is 7.04. The van der Waals surface area contributed by atoms with Gasteiger partial charge in [-0.3, -0.25) is 4.90 Å². The number of hydrogen-bond donors (Lipinski definition) is 2. The third kappa shape index (κ3) is 7.91. The van der Waals surface area contributed by atoms with Crippen LogP contribution < -0.4 is 29.7 Å². The highest BCUT2D eigenvalue weighted by molar-refractivity contribution is 5.92. The summed E-state index contributed by atoms with van der Waals surface area (Å²) in [6.07, 6.45) is 9.30. The Hall–Kier alpha value is -4.21. The Bertz CT molecular complexity index is 1280. The van der Waals surface area contributed by atoms with E-state index in [9.17, 15) is 4.79 Å².